The number of allylic oxidation sites excluding steroid dienone is 2. The zero-order chi connectivity index (χ0) is 18.9. The minimum absolute atomic E-state index is 0.448. The van der Waals surface area contributed by atoms with Crippen LogP contribution in [0, 0.1) is 0 Å². The number of benzene rings is 2. The van der Waals surface area contributed by atoms with Crippen molar-refractivity contribution < 1.29 is 0 Å². The zero-order valence-corrected chi connectivity index (χ0v) is 16.2. The minimum atomic E-state index is 0.448. The number of nitrogens with two attached hydrogens (primary N) is 2. The molecule has 0 aliphatic rings. The van der Waals surface area contributed by atoms with Crippen LogP contribution in [0.3, 0.4) is 0 Å². The van der Waals surface area contributed by atoms with Crippen molar-refractivity contribution in [2.75, 3.05) is 0 Å². The summed E-state index contributed by atoms with van der Waals surface area (Å²) >= 11 is 3.46. The Balaban J connectivity index is 2.40. The van der Waals surface area contributed by atoms with Gasteiger partial charge in [0.25, 0.3) is 0 Å². The van der Waals surface area contributed by atoms with E-state index in [9.17, 15) is 0 Å². The second-order valence-corrected chi connectivity index (χ2v) is 6.19. The Morgan fingerprint density at radius 3 is 2.15 bits per heavy atom. The molecule has 4 N–H and O–H groups in total. The van der Waals surface area contributed by atoms with E-state index in [0.717, 1.165) is 27.6 Å². The smallest absolute Gasteiger partial charge is 0.170 e. The first-order valence-corrected chi connectivity index (χ1v) is 9.25. The molecule has 4 nitrogen and oxygen atoms in total. The first-order valence-electron chi connectivity index (χ1n) is 8.13. The molecule has 0 atom stereocenters. The highest BCUT2D eigenvalue weighted by Crippen LogP contribution is 2.24. The fourth-order valence-corrected chi connectivity index (χ4v) is 3.01. The van der Waals surface area contributed by atoms with Crippen LogP contribution in [0.2, 0.25) is 0 Å². The Bertz CT molecular complexity index is 808. The number of halogens is 1. The Labute approximate surface area is 163 Å². The topological polar surface area (TPSA) is 67.6 Å². The minimum Gasteiger partial charge on any atom is -0.321 e. The Hall–Kier alpha value is -2.63. The van der Waals surface area contributed by atoms with E-state index < -0.39 is 0 Å². The summed E-state index contributed by atoms with van der Waals surface area (Å²) in [5.41, 5.74) is 4.84. The molecular formula is C21H23BrN4. The highest BCUT2D eigenvalue weighted by atomic mass is 79.9. The average Bonchev–Trinajstić information content (AvgIpc) is 2.69. The maximum absolute atomic E-state index is 6.25. The highest BCUT2D eigenvalue weighted by molar-refractivity contribution is 9.08. The van der Waals surface area contributed by atoms with Gasteiger partial charge in [-0.15, -0.1) is 0 Å². The van der Waals surface area contributed by atoms with E-state index >= 15 is 0 Å². The summed E-state index contributed by atoms with van der Waals surface area (Å²) in [6, 6.07) is 18.1. The molecule has 26 heavy (non-hydrogen) atoms. The number of rotatable bonds is 7. The van der Waals surface area contributed by atoms with E-state index in [1.54, 1.807) is 12.2 Å². The molecule has 2 aromatic rings. The van der Waals surface area contributed by atoms with E-state index in [1.807, 2.05) is 42.5 Å². The molecule has 0 amide bonds. The third kappa shape index (κ3) is 4.71. The molecule has 0 radical (unpaired) electrons. The highest BCUT2D eigenvalue weighted by Gasteiger charge is 2.16. The summed E-state index contributed by atoms with van der Waals surface area (Å²) in [4.78, 5) is 0. The number of hydrazine groups is 1. The average molecular weight is 411 g/mol. The largest absolute Gasteiger partial charge is 0.321 e. The predicted octanol–water partition coefficient (Wildman–Crippen LogP) is 4.36. The summed E-state index contributed by atoms with van der Waals surface area (Å²) in [6.45, 7) is 8.33. The van der Waals surface area contributed by atoms with Crippen LogP contribution in [0.5, 0.6) is 0 Å². The van der Waals surface area contributed by atoms with E-state index in [0.29, 0.717) is 12.4 Å². The number of alkyl halides is 1. The molecule has 0 heterocycles. The van der Waals surface area contributed by atoms with E-state index in [2.05, 4.69) is 46.3 Å². The van der Waals surface area contributed by atoms with Gasteiger partial charge >= 0.3 is 0 Å². The number of amidine groups is 1. The van der Waals surface area contributed by atoms with E-state index in [1.165, 1.54) is 10.6 Å². The maximum Gasteiger partial charge on any atom is 0.170 e. The number of hydrazone groups is 1. The van der Waals surface area contributed by atoms with Crippen LogP contribution in [0.1, 0.15) is 16.7 Å². The SMILES string of the molecule is C=CC(/C(=N/N)N(N)Cc1ccccc1)=C(\C=C)c1ccc(CBr)cc1. The van der Waals surface area contributed by atoms with Gasteiger partial charge in [0.2, 0.25) is 0 Å². The lowest BCUT2D eigenvalue weighted by molar-refractivity contribution is 0.433. The van der Waals surface area contributed by atoms with Crippen molar-refractivity contribution in [3.8, 4) is 0 Å². The van der Waals surface area contributed by atoms with Gasteiger partial charge in [-0.05, 0) is 22.3 Å². The van der Waals surface area contributed by atoms with E-state index in [-0.39, 0.29) is 0 Å². The second-order valence-electron chi connectivity index (χ2n) is 5.63. The molecule has 0 saturated carbocycles. The maximum atomic E-state index is 6.25. The van der Waals surface area contributed by atoms with Crippen molar-refractivity contribution in [2.45, 2.75) is 11.9 Å². The van der Waals surface area contributed by atoms with Gasteiger partial charge < -0.3 is 5.84 Å². The Kier molecular flexibility index (Phi) is 7.38. The molecule has 0 unspecified atom stereocenters. The van der Waals surface area contributed by atoms with Crippen LogP contribution in [0.25, 0.3) is 5.57 Å². The summed E-state index contributed by atoms with van der Waals surface area (Å²) in [5.74, 6) is 12.4. The molecule has 134 valence electrons. The van der Waals surface area contributed by atoms with Crippen LogP contribution < -0.4 is 11.7 Å². The van der Waals surface area contributed by atoms with Gasteiger partial charge in [0.15, 0.2) is 5.84 Å². The summed E-state index contributed by atoms with van der Waals surface area (Å²) in [6.07, 6.45) is 3.47. The lowest BCUT2D eigenvalue weighted by Crippen LogP contribution is -2.38. The fourth-order valence-electron chi connectivity index (χ4n) is 2.63. The van der Waals surface area contributed by atoms with Crippen LogP contribution in [0.4, 0.5) is 0 Å². The van der Waals surface area contributed by atoms with Crippen LogP contribution >= 0.6 is 15.9 Å². The van der Waals surface area contributed by atoms with Gasteiger partial charge in [0, 0.05) is 10.9 Å². The lowest BCUT2D eigenvalue weighted by atomic mass is 9.97. The zero-order valence-electron chi connectivity index (χ0n) is 14.6. The summed E-state index contributed by atoms with van der Waals surface area (Å²) < 4.78 is 0. The molecule has 0 aliphatic carbocycles. The molecule has 0 bridgehead atoms. The molecule has 2 aromatic carbocycles. The molecule has 0 fully saturated rings. The summed E-state index contributed by atoms with van der Waals surface area (Å²) in [5, 5.41) is 6.24. The third-order valence-electron chi connectivity index (χ3n) is 3.95. The quantitative estimate of drug-likeness (QED) is 0.178. The van der Waals surface area contributed by atoms with Gasteiger partial charge in [-0.1, -0.05) is 95.8 Å². The van der Waals surface area contributed by atoms with Crippen molar-refractivity contribution in [3.63, 3.8) is 0 Å². The molecule has 5 heteroatoms. The Morgan fingerprint density at radius 1 is 1.00 bits per heavy atom. The lowest BCUT2D eigenvalue weighted by Gasteiger charge is -2.22. The van der Waals surface area contributed by atoms with Crippen LogP contribution in [0.15, 0.2) is 90.6 Å². The first kappa shape index (κ1) is 19.7. The molecule has 0 saturated heterocycles. The van der Waals surface area contributed by atoms with Crippen LogP contribution in [-0.4, -0.2) is 10.8 Å². The van der Waals surface area contributed by atoms with Crippen molar-refractivity contribution in [2.24, 2.45) is 16.8 Å². The van der Waals surface area contributed by atoms with Gasteiger partial charge in [-0.25, -0.2) is 5.84 Å². The first-order chi connectivity index (χ1) is 12.6. The van der Waals surface area contributed by atoms with Crippen LogP contribution in [-0.2, 0) is 11.9 Å². The fraction of sp³-hybridized carbons (Fsp3) is 0.0952. The van der Waals surface area contributed by atoms with Gasteiger partial charge in [-0.2, -0.15) is 5.10 Å². The van der Waals surface area contributed by atoms with Gasteiger partial charge in [0.05, 0.1) is 6.54 Å². The number of hydrogen-bond acceptors (Lipinski definition) is 3. The van der Waals surface area contributed by atoms with E-state index in [4.69, 9.17) is 11.7 Å². The number of nitrogens with zero attached hydrogens (tertiary/aromatic N) is 2. The molecule has 0 spiro atoms. The van der Waals surface area contributed by atoms with Crippen molar-refractivity contribution in [3.05, 3.63) is 102 Å². The Morgan fingerprint density at radius 2 is 1.65 bits per heavy atom. The third-order valence-corrected chi connectivity index (χ3v) is 4.60. The summed E-state index contributed by atoms with van der Waals surface area (Å²) in [7, 11) is 0. The molecule has 0 aliphatic heterocycles. The van der Waals surface area contributed by atoms with Crippen molar-refractivity contribution in [1.29, 1.82) is 0 Å². The molecule has 0 aromatic heterocycles. The van der Waals surface area contributed by atoms with Gasteiger partial charge in [-0.3, -0.25) is 5.01 Å². The standard InChI is InChI=1S/C21H23BrN4/c1-3-19(18-12-10-16(14-22)11-13-18)20(4-2)21(25-23)26(24)15-17-8-6-5-7-9-17/h3-13H,1-2,14-15,23-24H2/b20-19-,25-21-. The van der Waals surface area contributed by atoms with Crippen molar-refractivity contribution >= 4 is 27.3 Å². The normalized spacial score (nSPS) is 12.3. The monoisotopic (exact) mass is 410 g/mol. The van der Waals surface area contributed by atoms with Gasteiger partial charge in [0.1, 0.15) is 0 Å². The second kappa shape index (κ2) is 9.75. The predicted molar refractivity (Wildman–Crippen MR) is 114 cm³/mol. The molecular weight excluding hydrogens is 388 g/mol. The van der Waals surface area contributed by atoms with Crippen molar-refractivity contribution in [1.82, 2.24) is 5.01 Å². The number of hydrogen-bond donors (Lipinski definition) is 2. The molecule has 2 rings (SSSR count).